The summed E-state index contributed by atoms with van der Waals surface area (Å²) in [5.41, 5.74) is 2.03. The Balaban J connectivity index is 1.79. The molecule has 140 valence electrons. The van der Waals surface area contributed by atoms with Crippen molar-refractivity contribution in [2.24, 2.45) is 0 Å². The first-order valence-electron chi connectivity index (χ1n) is 8.34. The first kappa shape index (κ1) is 18.4. The van der Waals surface area contributed by atoms with E-state index in [1.54, 1.807) is 32.0 Å². The van der Waals surface area contributed by atoms with Crippen molar-refractivity contribution in [2.75, 3.05) is 7.11 Å². The Morgan fingerprint density at radius 3 is 2.48 bits per heavy atom. The number of hydrogen-bond donors (Lipinski definition) is 1. The molecular formula is C20H19NO6. The number of H-pyrrole nitrogens is 1. The third kappa shape index (κ3) is 3.36. The van der Waals surface area contributed by atoms with E-state index in [-0.39, 0.29) is 11.5 Å². The van der Waals surface area contributed by atoms with Crippen molar-refractivity contribution < 1.29 is 28.3 Å². The lowest BCUT2D eigenvalue weighted by molar-refractivity contribution is 0.0289. The number of furan rings is 1. The van der Waals surface area contributed by atoms with Gasteiger partial charge in [-0.15, -0.1) is 0 Å². The van der Waals surface area contributed by atoms with Crippen LogP contribution in [0.1, 0.15) is 49.6 Å². The van der Waals surface area contributed by atoms with Gasteiger partial charge in [0.2, 0.25) is 11.5 Å². The van der Waals surface area contributed by atoms with E-state index in [1.165, 1.54) is 14.0 Å². The van der Waals surface area contributed by atoms with Crippen LogP contribution in [0.5, 0.6) is 0 Å². The van der Waals surface area contributed by atoms with Crippen molar-refractivity contribution in [2.45, 2.75) is 26.9 Å². The van der Waals surface area contributed by atoms with Crippen LogP contribution in [0.3, 0.4) is 0 Å². The average Bonchev–Trinajstić information content (AvgIpc) is 3.21. The summed E-state index contributed by atoms with van der Waals surface area (Å²) >= 11 is 0. The van der Waals surface area contributed by atoms with Crippen LogP contribution in [-0.4, -0.2) is 35.9 Å². The van der Waals surface area contributed by atoms with Crippen LogP contribution in [-0.2, 0) is 9.47 Å². The molecule has 0 amide bonds. The summed E-state index contributed by atoms with van der Waals surface area (Å²) in [6.07, 6.45) is -1.06. The molecule has 0 bridgehead atoms. The molecule has 0 saturated heterocycles. The van der Waals surface area contributed by atoms with Crippen LogP contribution in [0.4, 0.5) is 0 Å². The number of nitrogens with one attached hydrogen (secondary N) is 1. The SMILES string of the molecule is COC(=O)c1c(C)[nH]c(C(=O)[C@H](C)OC(=O)c2cc3ccccc3o2)c1C. The number of methoxy groups -OCH3 is 1. The normalized spacial score (nSPS) is 12.0. The van der Waals surface area contributed by atoms with E-state index >= 15 is 0 Å². The molecule has 3 rings (SSSR count). The number of carbonyl (C=O) groups is 3. The topological polar surface area (TPSA) is 98.6 Å². The number of rotatable bonds is 5. The summed E-state index contributed by atoms with van der Waals surface area (Å²) < 4.78 is 15.4. The molecule has 0 unspecified atom stereocenters. The zero-order valence-electron chi connectivity index (χ0n) is 15.4. The minimum atomic E-state index is -1.06. The fraction of sp³-hybridized carbons (Fsp3) is 0.250. The lowest BCUT2D eigenvalue weighted by atomic mass is 10.1. The molecule has 0 saturated carbocycles. The summed E-state index contributed by atoms with van der Waals surface area (Å²) in [6.45, 7) is 4.77. The molecule has 0 fully saturated rings. The lowest BCUT2D eigenvalue weighted by Gasteiger charge is -2.11. The molecule has 1 aromatic carbocycles. The molecular weight excluding hydrogens is 350 g/mol. The van der Waals surface area contributed by atoms with E-state index in [2.05, 4.69) is 4.98 Å². The molecule has 2 aromatic heterocycles. The smallest absolute Gasteiger partial charge is 0.374 e. The number of aromatic amines is 1. The molecule has 3 aromatic rings. The lowest BCUT2D eigenvalue weighted by Crippen LogP contribution is -2.25. The van der Waals surface area contributed by atoms with Crippen molar-refractivity contribution in [1.82, 2.24) is 4.98 Å². The maximum atomic E-state index is 12.7. The number of ether oxygens (including phenoxy) is 2. The van der Waals surface area contributed by atoms with Gasteiger partial charge in [-0.25, -0.2) is 9.59 Å². The summed E-state index contributed by atoms with van der Waals surface area (Å²) in [5.74, 6) is -1.70. The van der Waals surface area contributed by atoms with Crippen molar-refractivity contribution in [1.29, 1.82) is 0 Å². The van der Waals surface area contributed by atoms with E-state index in [1.807, 2.05) is 12.1 Å². The number of ketones is 1. The Hall–Kier alpha value is -3.35. The second-order valence-corrected chi connectivity index (χ2v) is 6.18. The van der Waals surface area contributed by atoms with E-state index in [4.69, 9.17) is 13.9 Å². The number of Topliss-reactive ketones (excluding diaryl/α,β-unsaturated/α-hetero) is 1. The molecule has 7 nitrogen and oxygen atoms in total. The van der Waals surface area contributed by atoms with Crippen LogP contribution in [0, 0.1) is 13.8 Å². The van der Waals surface area contributed by atoms with Gasteiger partial charge in [-0.1, -0.05) is 18.2 Å². The van der Waals surface area contributed by atoms with Gasteiger partial charge < -0.3 is 18.9 Å². The van der Waals surface area contributed by atoms with Gasteiger partial charge in [-0.3, -0.25) is 4.79 Å². The molecule has 0 radical (unpaired) electrons. The minimum Gasteiger partial charge on any atom is -0.465 e. The second-order valence-electron chi connectivity index (χ2n) is 6.18. The van der Waals surface area contributed by atoms with Crippen molar-refractivity contribution in [3.05, 3.63) is 58.6 Å². The summed E-state index contributed by atoms with van der Waals surface area (Å²) in [5, 5.41) is 0.766. The fourth-order valence-corrected chi connectivity index (χ4v) is 2.96. The molecule has 1 atom stereocenters. The van der Waals surface area contributed by atoms with Gasteiger partial charge in [0.25, 0.3) is 0 Å². The summed E-state index contributed by atoms with van der Waals surface area (Å²) in [4.78, 5) is 39.7. The maximum Gasteiger partial charge on any atom is 0.374 e. The third-order valence-electron chi connectivity index (χ3n) is 4.35. The van der Waals surface area contributed by atoms with Crippen LogP contribution in [0.25, 0.3) is 11.0 Å². The monoisotopic (exact) mass is 369 g/mol. The van der Waals surface area contributed by atoms with Crippen LogP contribution in [0.2, 0.25) is 0 Å². The predicted molar refractivity (Wildman–Crippen MR) is 97.0 cm³/mol. The first-order chi connectivity index (χ1) is 12.8. The van der Waals surface area contributed by atoms with Gasteiger partial charge in [-0.05, 0) is 38.5 Å². The summed E-state index contributed by atoms with van der Waals surface area (Å²) in [7, 11) is 1.27. The Morgan fingerprint density at radius 2 is 1.81 bits per heavy atom. The number of hydrogen-bond acceptors (Lipinski definition) is 6. The molecule has 0 spiro atoms. The summed E-state index contributed by atoms with van der Waals surface area (Å²) in [6, 6.07) is 8.73. The number of carbonyl (C=O) groups excluding carboxylic acids is 3. The van der Waals surface area contributed by atoms with Crippen molar-refractivity contribution in [3.63, 3.8) is 0 Å². The number of aromatic nitrogens is 1. The molecule has 0 aliphatic rings. The maximum absolute atomic E-state index is 12.7. The van der Waals surface area contributed by atoms with E-state index < -0.39 is 23.8 Å². The predicted octanol–water partition coefficient (Wildman–Crippen LogP) is 3.59. The van der Waals surface area contributed by atoms with Gasteiger partial charge in [0, 0.05) is 11.1 Å². The molecule has 1 N–H and O–H groups in total. The number of fused-ring (bicyclic) bond motifs is 1. The Labute approximate surface area is 155 Å². The molecule has 2 heterocycles. The highest BCUT2D eigenvalue weighted by Gasteiger charge is 2.28. The van der Waals surface area contributed by atoms with E-state index in [0.29, 0.717) is 22.4 Å². The standard InChI is InChI=1S/C20H19NO6/c1-10-16(20(24)25-4)11(2)21-17(10)18(22)12(3)26-19(23)15-9-13-7-5-6-8-14(13)27-15/h5-9,12,21H,1-4H3/t12-/m0/s1. The fourth-order valence-electron chi connectivity index (χ4n) is 2.96. The zero-order valence-corrected chi connectivity index (χ0v) is 15.4. The Morgan fingerprint density at radius 1 is 1.11 bits per heavy atom. The second kappa shape index (κ2) is 7.11. The highest BCUT2D eigenvalue weighted by atomic mass is 16.6. The van der Waals surface area contributed by atoms with Crippen molar-refractivity contribution in [3.8, 4) is 0 Å². The van der Waals surface area contributed by atoms with Crippen LogP contribution in [0.15, 0.2) is 34.7 Å². The van der Waals surface area contributed by atoms with Gasteiger partial charge in [0.05, 0.1) is 18.4 Å². The third-order valence-corrected chi connectivity index (χ3v) is 4.35. The number of para-hydroxylation sites is 1. The van der Waals surface area contributed by atoms with Gasteiger partial charge >= 0.3 is 11.9 Å². The largest absolute Gasteiger partial charge is 0.465 e. The van der Waals surface area contributed by atoms with E-state index in [0.717, 1.165) is 5.39 Å². The first-order valence-corrected chi connectivity index (χ1v) is 8.34. The highest BCUT2D eigenvalue weighted by molar-refractivity contribution is 6.04. The highest BCUT2D eigenvalue weighted by Crippen LogP contribution is 2.22. The number of aryl methyl sites for hydroxylation is 1. The number of esters is 2. The van der Waals surface area contributed by atoms with Gasteiger partial charge in [-0.2, -0.15) is 0 Å². The molecule has 7 heteroatoms. The molecule has 0 aliphatic heterocycles. The van der Waals surface area contributed by atoms with Crippen molar-refractivity contribution >= 4 is 28.7 Å². The zero-order chi connectivity index (χ0) is 19.7. The quantitative estimate of drug-likeness (QED) is 0.545. The Bertz CT molecular complexity index is 1010. The van der Waals surface area contributed by atoms with Gasteiger partial charge in [0.1, 0.15) is 5.58 Å². The van der Waals surface area contributed by atoms with E-state index in [9.17, 15) is 14.4 Å². The average molecular weight is 369 g/mol. The molecule has 27 heavy (non-hydrogen) atoms. The van der Waals surface area contributed by atoms with Gasteiger partial charge in [0.15, 0.2) is 6.10 Å². The van der Waals surface area contributed by atoms with Crippen LogP contribution >= 0.6 is 0 Å². The molecule has 0 aliphatic carbocycles. The number of benzene rings is 1. The Kier molecular flexibility index (Phi) is 4.85. The minimum absolute atomic E-state index is 0.0190. The van der Waals surface area contributed by atoms with Crippen LogP contribution < -0.4 is 0 Å².